The first kappa shape index (κ1) is 14.5. The largest absolute Gasteiger partial charge is 0.469 e. The lowest BCUT2D eigenvalue weighted by Gasteiger charge is -2.19. The molecule has 1 atom stereocenters. The third-order valence-corrected chi connectivity index (χ3v) is 2.87. The van der Waals surface area contributed by atoms with Gasteiger partial charge < -0.3 is 4.74 Å². The summed E-state index contributed by atoms with van der Waals surface area (Å²) in [5.41, 5.74) is -0.560. The van der Waals surface area contributed by atoms with Crippen LogP contribution in [0.5, 0.6) is 0 Å². The number of hydrogen-bond acceptors (Lipinski definition) is 2. The van der Waals surface area contributed by atoms with Gasteiger partial charge in [0.2, 0.25) is 0 Å². The summed E-state index contributed by atoms with van der Waals surface area (Å²) in [5.74, 6) is -1.60. The van der Waals surface area contributed by atoms with Gasteiger partial charge in [0.05, 0.1) is 18.6 Å². The van der Waals surface area contributed by atoms with Crippen LogP contribution < -0.4 is 0 Å². The van der Waals surface area contributed by atoms with Gasteiger partial charge in [-0.1, -0.05) is 25.1 Å². The van der Waals surface area contributed by atoms with Crippen molar-refractivity contribution < 1.29 is 22.7 Å². The molecule has 0 radical (unpaired) electrons. The number of hydrogen-bond donors (Lipinski definition) is 0. The molecule has 0 saturated heterocycles. The molecule has 2 nitrogen and oxygen atoms in total. The van der Waals surface area contributed by atoms with Crippen molar-refractivity contribution in [3.8, 4) is 0 Å². The summed E-state index contributed by atoms with van der Waals surface area (Å²) in [7, 11) is 1.16. The van der Waals surface area contributed by atoms with Crippen LogP contribution in [0.4, 0.5) is 13.2 Å². The topological polar surface area (TPSA) is 26.3 Å². The van der Waals surface area contributed by atoms with Crippen molar-refractivity contribution in [2.45, 2.75) is 32.4 Å². The summed E-state index contributed by atoms with van der Waals surface area (Å²) in [4.78, 5) is 11.4. The number of carbonyl (C=O) groups excluding carboxylic acids is 1. The molecule has 0 heterocycles. The average molecular weight is 260 g/mol. The highest BCUT2D eigenvalue weighted by Gasteiger charge is 2.37. The molecule has 1 rings (SSSR count). The van der Waals surface area contributed by atoms with E-state index in [1.165, 1.54) is 25.1 Å². The number of ether oxygens (including phenoxy) is 1. The molecule has 0 saturated carbocycles. The minimum Gasteiger partial charge on any atom is -0.469 e. The second kappa shape index (κ2) is 5.42. The van der Waals surface area contributed by atoms with Gasteiger partial charge in [-0.3, -0.25) is 4.79 Å². The van der Waals surface area contributed by atoms with E-state index in [2.05, 4.69) is 4.74 Å². The van der Waals surface area contributed by atoms with Crippen molar-refractivity contribution in [1.82, 2.24) is 0 Å². The lowest BCUT2D eigenvalue weighted by Crippen LogP contribution is -2.19. The molecule has 0 aliphatic rings. The van der Waals surface area contributed by atoms with Gasteiger partial charge in [0.25, 0.3) is 0 Å². The van der Waals surface area contributed by atoms with Crippen molar-refractivity contribution in [3.63, 3.8) is 0 Å². The van der Waals surface area contributed by atoms with Crippen LogP contribution in [0, 0.1) is 0 Å². The maximum Gasteiger partial charge on any atom is 0.416 e. The minimum absolute atomic E-state index is 0.0336. The van der Waals surface area contributed by atoms with Crippen molar-refractivity contribution in [2.24, 2.45) is 0 Å². The second-order valence-electron chi connectivity index (χ2n) is 3.98. The molecular weight excluding hydrogens is 245 g/mol. The Kier molecular flexibility index (Phi) is 4.38. The van der Waals surface area contributed by atoms with E-state index in [-0.39, 0.29) is 17.5 Å². The summed E-state index contributed by atoms with van der Waals surface area (Å²) >= 11 is 0. The third kappa shape index (κ3) is 2.83. The molecule has 0 bridgehead atoms. The Labute approximate surface area is 104 Å². The van der Waals surface area contributed by atoms with E-state index in [1.807, 2.05) is 0 Å². The molecule has 0 amide bonds. The predicted octanol–water partition coefficient (Wildman–Crippen LogP) is 3.54. The number of methoxy groups -OCH3 is 1. The smallest absolute Gasteiger partial charge is 0.416 e. The van der Waals surface area contributed by atoms with Gasteiger partial charge in [-0.25, -0.2) is 0 Å². The Morgan fingerprint density at radius 2 is 2.00 bits per heavy atom. The maximum atomic E-state index is 13.1. The van der Waals surface area contributed by atoms with Gasteiger partial charge >= 0.3 is 12.1 Å². The van der Waals surface area contributed by atoms with Gasteiger partial charge in [0, 0.05) is 0 Å². The zero-order chi connectivity index (χ0) is 13.9. The Balaban J connectivity index is 3.40. The molecule has 0 aromatic heterocycles. The zero-order valence-corrected chi connectivity index (χ0v) is 10.5. The molecule has 100 valence electrons. The highest BCUT2D eigenvalue weighted by Crippen LogP contribution is 2.38. The van der Waals surface area contributed by atoms with Crippen molar-refractivity contribution in [2.75, 3.05) is 7.11 Å². The highest BCUT2D eigenvalue weighted by atomic mass is 19.4. The van der Waals surface area contributed by atoms with E-state index >= 15 is 0 Å². The SMILES string of the molecule is CCc1cccc(C(C)C(=O)OC)c1C(F)(F)F. The van der Waals surface area contributed by atoms with Crippen LogP contribution in [0.15, 0.2) is 18.2 Å². The molecular formula is C13H15F3O2. The predicted molar refractivity (Wildman–Crippen MR) is 61.3 cm³/mol. The number of esters is 1. The standard InChI is InChI=1S/C13H15F3O2/c1-4-9-6-5-7-10(8(2)12(17)18-3)11(9)13(14,15)16/h5-8H,4H2,1-3H3. The zero-order valence-electron chi connectivity index (χ0n) is 10.5. The Hall–Kier alpha value is -1.52. The Bertz CT molecular complexity index is 438. The number of aryl methyl sites for hydroxylation is 1. The molecule has 18 heavy (non-hydrogen) atoms. The van der Waals surface area contributed by atoms with Crippen LogP contribution in [0.25, 0.3) is 0 Å². The maximum absolute atomic E-state index is 13.1. The quantitative estimate of drug-likeness (QED) is 0.777. The van der Waals surface area contributed by atoms with E-state index in [9.17, 15) is 18.0 Å². The highest BCUT2D eigenvalue weighted by molar-refractivity contribution is 5.78. The summed E-state index contributed by atoms with van der Waals surface area (Å²) in [6, 6.07) is 4.28. The summed E-state index contributed by atoms with van der Waals surface area (Å²) in [6.45, 7) is 3.06. The molecule has 0 N–H and O–H groups in total. The first-order valence-electron chi connectivity index (χ1n) is 5.59. The van der Waals surface area contributed by atoms with Crippen LogP contribution >= 0.6 is 0 Å². The molecule has 1 aromatic carbocycles. The second-order valence-corrected chi connectivity index (χ2v) is 3.98. The van der Waals surface area contributed by atoms with Crippen molar-refractivity contribution >= 4 is 5.97 Å². The number of halogens is 3. The molecule has 1 unspecified atom stereocenters. The first-order valence-corrected chi connectivity index (χ1v) is 5.59. The number of rotatable bonds is 3. The molecule has 0 spiro atoms. The summed E-state index contributed by atoms with van der Waals surface area (Å²) in [6.07, 6.45) is -4.21. The Morgan fingerprint density at radius 3 is 2.44 bits per heavy atom. The molecule has 0 fully saturated rings. The van der Waals surface area contributed by atoms with E-state index in [1.54, 1.807) is 6.92 Å². The summed E-state index contributed by atoms with van der Waals surface area (Å²) in [5, 5.41) is 0. The summed E-state index contributed by atoms with van der Waals surface area (Å²) < 4.78 is 43.7. The lowest BCUT2D eigenvalue weighted by atomic mass is 9.91. The van der Waals surface area contributed by atoms with Crippen LogP contribution in [0.2, 0.25) is 0 Å². The molecule has 0 aliphatic carbocycles. The van der Waals surface area contributed by atoms with Gasteiger partial charge in [-0.05, 0) is 24.5 Å². The normalized spacial score (nSPS) is 13.2. The lowest BCUT2D eigenvalue weighted by molar-refractivity contribution is -0.143. The van der Waals surface area contributed by atoms with Crippen LogP contribution in [0.3, 0.4) is 0 Å². The van der Waals surface area contributed by atoms with Crippen LogP contribution in [-0.2, 0) is 22.1 Å². The number of alkyl halides is 3. The fraction of sp³-hybridized carbons (Fsp3) is 0.462. The van der Waals surface area contributed by atoms with Crippen LogP contribution in [0.1, 0.15) is 36.5 Å². The third-order valence-electron chi connectivity index (χ3n) is 2.87. The van der Waals surface area contributed by atoms with E-state index in [0.717, 1.165) is 7.11 Å². The minimum atomic E-state index is -4.47. The first-order chi connectivity index (χ1) is 8.32. The van der Waals surface area contributed by atoms with Crippen molar-refractivity contribution in [1.29, 1.82) is 0 Å². The Morgan fingerprint density at radius 1 is 1.39 bits per heavy atom. The number of benzene rings is 1. The van der Waals surface area contributed by atoms with Gasteiger partial charge in [0.15, 0.2) is 0 Å². The average Bonchev–Trinajstić information content (AvgIpc) is 2.34. The van der Waals surface area contributed by atoms with Crippen LogP contribution in [-0.4, -0.2) is 13.1 Å². The molecule has 5 heteroatoms. The van der Waals surface area contributed by atoms with E-state index in [4.69, 9.17) is 0 Å². The van der Waals surface area contributed by atoms with Gasteiger partial charge in [-0.2, -0.15) is 13.2 Å². The molecule has 1 aromatic rings. The van der Waals surface area contributed by atoms with E-state index in [0.29, 0.717) is 0 Å². The molecule has 0 aliphatic heterocycles. The monoisotopic (exact) mass is 260 g/mol. The number of carbonyl (C=O) groups is 1. The fourth-order valence-corrected chi connectivity index (χ4v) is 1.92. The van der Waals surface area contributed by atoms with Crippen molar-refractivity contribution in [3.05, 3.63) is 34.9 Å². The van der Waals surface area contributed by atoms with Gasteiger partial charge in [0.1, 0.15) is 0 Å². The van der Waals surface area contributed by atoms with E-state index < -0.39 is 23.6 Å². The van der Waals surface area contributed by atoms with Gasteiger partial charge in [-0.15, -0.1) is 0 Å². The fourth-order valence-electron chi connectivity index (χ4n) is 1.92.